The van der Waals surface area contributed by atoms with Gasteiger partial charge in [0.2, 0.25) is 11.1 Å². The Labute approximate surface area is 169 Å². The lowest BCUT2D eigenvalue weighted by Crippen LogP contribution is -2.50. The Morgan fingerprint density at radius 2 is 1.89 bits per heavy atom. The second-order valence-corrected chi connectivity index (χ2v) is 8.00. The number of imidazole rings is 1. The van der Waals surface area contributed by atoms with Gasteiger partial charge in [-0.25, -0.2) is 9.78 Å². The lowest BCUT2D eigenvalue weighted by atomic mass is 10.2. The minimum absolute atomic E-state index is 0.113. The van der Waals surface area contributed by atoms with Crippen LogP contribution in [0.4, 0.5) is 10.7 Å². The van der Waals surface area contributed by atoms with Gasteiger partial charge in [0.25, 0.3) is 0 Å². The number of carbonyl (C=O) groups is 3. The highest BCUT2D eigenvalue weighted by molar-refractivity contribution is 8.13. The van der Waals surface area contributed by atoms with Crippen molar-refractivity contribution in [3.63, 3.8) is 0 Å². The van der Waals surface area contributed by atoms with Gasteiger partial charge in [0, 0.05) is 26.2 Å². The van der Waals surface area contributed by atoms with Crippen molar-refractivity contribution in [3.8, 4) is 11.8 Å². The molecule has 0 aliphatic carbocycles. The van der Waals surface area contributed by atoms with Gasteiger partial charge in [0.15, 0.2) is 6.29 Å². The van der Waals surface area contributed by atoms with Crippen LogP contribution in [-0.2, 0) is 11.3 Å². The van der Waals surface area contributed by atoms with Crippen LogP contribution < -0.4 is 4.90 Å². The smallest absolute Gasteiger partial charge is 0.410 e. The van der Waals surface area contributed by atoms with Crippen LogP contribution in [0, 0.1) is 11.8 Å². The number of amides is 1. The average molecular weight is 407 g/mol. The van der Waals surface area contributed by atoms with E-state index in [1.807, 2.05) is 25.7 Å². The number of nitrogens with zero attached hydrogens (tertiary/aromatic N) is 4. The molecule has 1 amide bonds. The Kier molecular flexibility index (Phi) is 7.13. The number of hydrogen-bond acceptors (Lipinski definition) is 7. The second kappa shape index (κ2) is 9.15. The van der Waals surface area contributed by atoms with Crippen molar-refractivity contribution in [2.75, 3.05) is 37.3 Å². The monoisotopic (exact) mass is 406 g/mol. The summed E-state index contributed by atoms with van der Waals surface area (Å²) in [7, 11) is 0. The van der Waals surface area contributed by atoms with Crippen LogP contribution in [0.15, 0.2) is 0 Å². The van der Waals surface area contributed by atoms with Crippen LogP contribution >= 0.6 is 11.8 Å². The fourth-order valence-electron chi connectivity index (χ4n) is 2.82. The molecule has 1 aromatic heterocycles. The molecule has 0 atom stereocenters. The fraction of sp³-hybridized carbons (Fsp3) is 0.579. The van der Waals surface area contributed by atoms with Crippen molar-refractivity contribution in [2.45, 2.75) is 39.8 Å². The number of ether oxygens (including phenoxy) is 1. The number of hydrogen-bond donors (Lipinski definition) is 0. The maximum atomic E-state index is 12.4. The molecule has 0 aromatic carbocycles. The van der Waals surface area contributed by atoms with Crippen LogP contribution in [0.2, 0.25) is 0 Å². The van der Waals surface area contributed by atoms with Gasteiger partial charge in [-0.05, 0) is 34.0 Å². The first kappa shape index (κ1) is 21.8. The van der Waals surface area contributed by atoms with Gasteiger partial charge in [-0.2, -0.15) is 0 Å². The zero-order valence-corrected chi connectivity index (χ0v) is 17.8. The summed E-state index contributed by atoms with van der Waals surface area (Å²) >= 11 is 1.03. The Morgan fingerprint density at radius 3 is 2.39 bits per heavy atom. The molecule has 0 spiro atoms. The highest BCUT2D eigenvalue weighted by Gasteiger charge is 2.30. The number of thioether (sulfide) groups is 1. The highest BCUT2D eigenvalue weighted by Crippen LogP contribution is 2.24. The van der Waals surface area contributed by atoms with Gasteiger partial charge >= 0.3 is 6.09 Å². The molecule has 0 N–H and O–H groups in total. The summed E-state index contributed by atoms with van der Waals surface area (Å²) in [6.45, 7) is 9.43. The normalized spacial score (nSPS) is 14.3. The molecule has 1 saturated heterocycles. The molecule has 28 heavy (non-hydrogen) atoms. The van der Waals surface area contributed by atoms with Crippen LogP contribution in [0.5, 0.6) is 0 Å². The van der Waals surface area contributed by atoms with E-state index in [1.54, 1.807) is 22.6 Å². The molecule has 1 aromatic rings. The van der Waals surface area contributed by atoms with E-state index in [0.717, 1.165) is 11.8 Å². The zero-order valence-electron chi connectivity index (χ0n) is 16.9. The number of anilines is 1. The lowest BCUT2D eigenvalue weighted by molar-refractivity contribution is 0.0240. The van der Waals surface area contributed by atoms with E-state index in [2.05, 4.69) is 16.8 Å². The van der Waals surface area contributed by atoms with Crippen molar-refractivity contribution < 1.29 is 19.1 Å². The van der Waals surface area contributed by atoms with Crippen LogP contribution in [0.1, 0.15) is 48.7 Å². The zero-order chi connectivity index (χ0) is 20.9. The van der Waals surface area contributed by atoms with Crippen LogP contribution in [-0.4, -0.2) is 70.0 Å². The van der Waals surface area contributed by atoms with Gasteiger partial charge in [0.05, 0.1) is 6.54 Å². The molecule has 1 fully saturated rings. The van der Waals surface area contributed by atoms with E-state index < -0.39 is 5.60 Å². The van der Waals surface area contributed by atoms with Gasteiger partial charge in [-0.15, -0.1) is 5.92 Å². The van der Waals surface area contributed by atoms with E-state index in [0.29, 0.717) is 38.4 Å². The van der Waals surface area contributed by atoms with Crippen molar-refractivity contribution in [1.82, 2.24) is 14.5 Å². The summed E-state index contributed by atoms with van der Waals surface area (Å²) in [5.41, 5.74) is -0.174. The van der Waals surface area contributed by atoms with Gasteiger partial charge in [0.1, 0.15) is 17.0 Å². The van der Waals surface area contributed by atoms with Crippen molar-refractivity contribution in [1.29, 1.82) is 0 Å². The molecule has 1 aliphatic rings. The number of aldehydes is 1. The Morgan fingerprint density at radius 1 is 1.25 bits per heavy atom. The molecule has 0 radical (unpaired) electrons. The Balaban J connectivity index is 2.25. The molecule has 1 aliphatic heterocycles. The third kappa shape index (κ3) is 5.07. The second-order valence-electron chi connectivity index (χ2n) is 7.22. The fourth-order valence-corrected chi connectivity index (χ4v) is 3.23. The molecule has 8 nitrogen and oxygen atoms in total. The first-order valence-electron chi connectivity index (χ1n) is 8.98. The molecular weight excluding hydrogens is 380 g/mol. The van der Waals surface area contributed by atoms with Crippen molar-refractivity contribution in [3.05, 3.63) is 11.4 Å². The lowest BCUT2D eigenvalue weighted by Gasteiger charge is -2.36. The van der Waals surface area contributed by atoms with Gasteiger partial charge in [-0.3, -0.25) is 14.2 Å². The van der Waals surface area contributed by atoms with E-state index in [-0.39, 0.29) is 29.1 Å². The Bertz CT molecular complexity index is 808. The summed E-state index contributed by atoms with van der Waals surface area (Å²) in [6.07, 6.45) is 1.91. The first-order chi connectivity index (χ1) is 13.2. The molecular formula is C19H26N4O4S. The molecule has 0 unspecified atom stereocenters. The van der Waals surface area contributed by atoms with E-state index in [9.17, 15) is 14.4 Å². The van der Waals surface area contributed by atoms with E-state index in [4.69, 9.17) is 4.74 Å². The third-order valence-electron chi connectivity index (χ3n) is 4.09. The van der Waals surface area contributed by atoms with E-state index in [1.165, 1.54) is 0 Å². The maximum Gasteiger partial charge on any atom is 0.410 e. The van der Waals surface area contributed by atoms with Crippen LogP contribution in [0.3, 0.4) is 0 Å². The molecule has 2 heterocycles. The molecule has 9 heteroatoms. The van der Waals surface area contributed by atoms with Gasteiger partial charge < -0.3 is 14.5 Å². The maximum absolute atomic E-state index is 12.4. The predicted octanol–water partition coefficient (Wildman–Crippen LogP) is 2.28. The predicted molar refractivity (Wildman–Crippen MR) is 109 cm³/mol. The molecule has 152 valence electrons. The number of piperazine rings is 1. The number of aromatic nitrogens is 2. The van der Waals surface area contributed by atoms with Crippen molar-refractivity contribution in [2.24, 2.45) is 0 Å². The van der Waals surface area contributed by atoms with E-state index >= 15 is 0 Å². The average Bonchev–Trinajstić information content (AvgIpc) is 3.03. The van der Waals surface area contributed by atoms with Crippen LogP contribution in [0.25, 0.3) is 0 Å². The minimum Gasteiger partial charge on any atom is -0.444 e. The summed E-state index contributed by atoms with van der Waals surface area (Å²) in [5, 5.41) is -0.230. The molecule has 0 saturated carbocycles. The molecule has 2 rings (SSSR count). The summed E-state index contributed by atoms with van der Waals surface area (Å²) in [4.78, 5) is 44.1. The highest BCUT2D eigenvalue weighted by atomic mass is 32.2. The minimum atomic E-state index is -0.546. The standard InChI is InChI=1S/C19H26N4O4S/c1-6-7-8-23-15(16(25)28-5)14(13-24)20-17(23)21-9-11-22(12-10-21)18(26)27-19(2,3)4/h13H,8-12H2,1-5H3. The topological polar surface area (TPSA) is 84.7 Å². The summed E-state index contributed by atoms with van der Waals surface area (Å²) in [5.74, 6) is 6.27. The number of rotatable bonds is 4. The summed E-state index contributed by atoms with van der Waals surface area (Å²) < 4.78 is 7.10. The third-order valence-corrected chi connectivity index (χ3v) is 4.66. The van der Waals surface area contributed by atoms with Gasteiger partial charge in [-0.1, -0.05) is 17.7 Å². The quantitative estimate of drug-likeness (QED) is 0.560. The Hall–Kier alpha value is -2.47. The number of carbonyl (C=O) groups excluding carboxylic acids is 3. The summed E-state index contributed by atoms with van der Waals surface area (Å²) in [6, 6.07) is 0. The van der Waals surface area contributed by atoms with Crippen molar-refractivity contribution >= 4 is 35.2 Å². The SMILES string of the molecule is CC#CCn1c(N2CCN(C(=O)OC(C)(C)C)CC2)nc(C=O)c1C(=O)SC. The molecule has 0 bridgehead atoms. The first-order valence-corrected chi connectivity index (χ1v) is 10.2. The largest absolute Gasteiger partial charge is 0.444 e.